The van der Waals surface area contributed by atoms with Gasteiger partial charge in [0.05, 0.1) is 0 Å². The highest BCUT2D eigenvalue weighted by molar-refractivity contribution is 7.73. The summed E-state index contributed by atoms with van der Waals surface area (Å²) < 4.78 is 12.4. The van der Waals surface area contributed by atoms with E-state index in [1.165, 1.54) is 0 Å². The third-order valence-corrected chi connectivity index (χ3v) is 4.17. The van der Waals surface area contributed by atoms with E-state index in [1.54, 1.807) is 0 Å². The second kappa shape index (κ2) is 4.37. The zero-order chi connectivity index (χ0) is 11.5. The minimum atomic E-state index is -2.32. The van der Waals surface area contributed by atoms with Gasteiger partial charge in [0.2, 0.25) is 0 Å². The van der Waals surface area contributed by atoms with Crippen molar-refractivity contribution in [3.8, 4) is 0 Å². The van der Waals surface area contributed by atoms with Crippen molar-refractivity contribution in [1.82, 2.24) is 0 Å². The van der Waals surface area contributed by atoms with Gasteiger partial charge < -0.3 is 4.57 Å². The van der Waals surface area contributed by atoms with Gasteiger partial charge in [0.1, 0.15) is 7.14 Å². The first kappa shape index (κ1) is 12.3. The first-order valence-corrected chi connectivity index (χ1v) is 7.37. The maximum atomic E-state index is 12.4. The van der Waals surface area contributed by atoms with Crippen molar-refractivity contribution < 1.29 is 4.57 Å². The first-order valence-electron chi connectivity index (χ1n) is 5.14. The van der Waals surface area contributed by atoms with E-state index in [0.717, 1.165) is 5.30 Å². The molecule has 0 bridgehead atoms. The van der Waals surface area contributed by atoms with Gasteiger partial charge in [-0.05, 0) is 17.9 Å². The molecular formula is C13H19OP. The SMILES string of the molecule is CC(C)(C)C=C[P@](C)(=O)c1ccccc1. The fourth-order valence-corrected chi connectivity index (χ4v) is 2.84. The van der Waals surface area contributed by atoms with Crippen LogP contribution < -0.4 is 5.30 Å². The Morgan fingerprint density at radius 2 is 1.67 bits per heavy atom. The van der Waals surface area contributed by atoms with Crippen LogP contribution in [-0.2, 0) is 4.57 Å². The Labute approximate surface area is 92.6 Å². The van der Waals surface area contributed by atoms with E-state index in [-0.39, 0.29) is 5.41 Å². The Kier molecular flexibility index (Phi) is 3.57. The molecule has 1 aromatic carbocycles. The molecule has 0 amide bonds. The number of rotatable bonds is 2. The zero-order valence-corrected chi connectivity index (χ0v) is 10.8. The van der Waals surface area contributed by atoms with E-state index in [1.807, 2.05) is 48.9 Å². The second-order valence-corrected chi connectivity index (χ2v) is 7.80. The largest absolute Gasteiger partial charge is 0.315 e. The minimum Gasteiger partial charge on any atom is -0.315 e. The molecule has 0 unspecified atom stereocenters. The summed E-state index contributed by atoms with van der Waals surface area (Å²) in [6.07, 6.45) is 2.03. The lowest BCUT2D eigenvalue weighted by Gasteiger charge is -2.14. The molecule has 0 spiro atoms. The van der Waals surface area contributed by atoms with Crippen LogP contribution in [0.4, 0.5) is 0 Å². The fourth-order valence-electron chi connectivity index (χ4n) is 1.18. The topological polar surface area (TPSA) is 17.1 Å². The van der Waals surface area contributed by atoms with Crippen LogP contribution in [0.5, 0.6) is 0 Å². The van der Waals surface area contributed by atoms with Gasteiger partial charge in [0.15, 0.2) is 0 Å². The van der Waals surface area contributed by atoms with E-state index in [2.05, 4.69) is 20.8 Å². The molecule has 0 aromatic heterocycles. The van der Waals surface area contributed by atoms with Crippen molar-refractivity contribution in [2.45, 2.75) is 20.8 Å². The Balaban J connectivity index is 2.95. The first-order chi connectivity index (χ1) is 6.81. The number of allylic oxidation sites excluding steroid dienone is 1. The lowest BCUT2D eigenvalue weighted by atomic mass is 9.98. The molecule has 1 nitrogen and oxygen atoms in total. The summed E-state index contributed by atoms with van der Waals surface area (Å²) in [6.45, 7) is 8.13. The number of hydrogen-bond donors (Lipinski definition) is 0. The van der Waals surface area contributed by atoms with Crippen LogP contribution in [0.1, 0.15) is 20.8 Å². The maximum Gasteiger partial charge on any atom is 0.133 e. The molecule has 1 aromatic rings. The van der Waals surface area contributed by atoms with Crippen molar-refractivity contribution >= 4 is 12.4 Å². The highest BCUT2D eigenvalue weighted by Gasteiger charge is 2.15. The van der Waals surface area contributed by atoms with E-state index in [0.29, 0.717) is 0 Å². The highest BCUT2D eigenvalue weighted by Crippen LogP contribution is 2.42. The van der Waals surface area contributed by atoms with Crippen LogP contribution in [0.3, 0.4) is 0 Å². The molecule has 2 heteroatoms. The number of benzene rings is 1. The second-order valence-electron chi connectivity index (χ2n) is 5.01. The van der Waals surface area contributed by atoms with Gasteiger partial charge in [-0.15, -0.1) is 0 Å². The molecule has 0 saturated heterocycles. The quantitative estimate of drug-likeness (QED) is 0.694. The van der Waals surface area contributed by atoms with E-state index < -0.39 is 7.14 Å². The maximum absolute atomic E-state index is 12.4. The lowest BCUT2D eigenvalue weighted by molar-refractivity contribution is 0.543. The van der Waals surface area contributed by atoms with Crippen molar-refractivity contribution in [3.05, 3.63) is 42.2 Å². The lowest BCUT2D eigenvalue weighted by Crippen LogP contribution is -2.03. The van der Waals surface area contributed by atoms with Crippen molar-refractivity contribution in [2.75, 3.05) is 6.66 Å². The van der Waals surface area contributed by atoms with Crippen LogP contribution in [0, 0.1) is 5.41 Å². The highest BCUT2D eigenvalue weighted by atomic mass is 31.2. The molecule has 82 valence electrons. The minimum absolute atomic E-state index is 0.0838. The number of hydrogen-bond acceptors (Lipinski definition) is 1. The summed E-state index contributed by atoms with van der Waals surface area (Å²) in [4.78, 5) is 0. The van der Waals surface area contributed by atoms with Crippen LogP contribution in [-0.4, -0.2) is 6.66 Å². The summed E-state index contributed by atoms with van der Waals surface area (Å²) in [5.41, 5.74) is 0.0838. The third kappa shape index (κ3) is 4.05. The summed E-state index contributed by atoms with van der Waals surface area (Å²) >= 11 is 0. The fraction of sp³-hybridized carbons (Fsp3) is 0.385. The molecule has 1 atom stereocenters. The van der Waals surface area contributed by atoms with Crippen molar-refractivity contribution in [1.29, 1.82) is 0 Å². The van der Waals surface area contributed by atoms with Crippen LogP contribution in [0.15, 0.2) is 42.2 Å². The predicted octanol–water partition coefficient (Wildman–Crippen LogP) is 3.86. The summed E-state index contributed by atoms with van der Waals surface area (Å²) in [6, 6.07) is 9.64. The van der Waals surface area contributed by atoms with Gasteiger partial charge in [0.25, 0.3) is 0 Å². The van der Waals surface area contributed by atoms with Gasteiger partial charge >= 0.3 is 0 Å². The van der Waals surface area contributed by atoms with Gasteiger partial charge in [-0.2, -0.15) is 0 Å². The molecule has 0 fully saturated rings. The normalized spacial score (nSPS) is 16.5. The van der Waals surface area contributed by atoms with Gasteiger partial charge in [-0.25, -0.2) is 0 Å². The summed E-state index contributed by atoms with van der Waals surface area (Å²) in [5.74, 6) is 1.86. The van der Waals surface area contributed by atoms with Gasteiger partial charge in [0, 0.05) is 5.30 Å². The third-order valence-electron chi connectivity index (χ3n) is 2.13. The van der Waals surface area contributed by atoms with Gasteiger partial charge in [-0.1, -0.05) is 57.2 Å². The molecule has 0 aliphatic rings. The van der Waals surface area contributed by atoms with Crippen LogP contribution in [0.25, 0.3) is 0 Å². The van der Waals surface area contributed by atoms with E-state index in [4.69, 9.17) is 0 Å². The molecule has 0 heterocycles. The molecule has 0 radical (unpaired) electrons. The van der Waals surface area contributed by atoms with Gasteiger partial charge in [-0.3, -0.25) is 0 Å². The molecule has 1 rings (SSSR count). The molecule has 0 N–H and O–H groups in total. The average molecular weight is 222 g/mol. The molecule has 0 aliphatic carbocycles. The Morgan fingerprint density at radius 1 is 1.13 bits per heavy atom. The van der Waals surface area contributed by atoms with Crippen molar-refractivity contribution in [2.24, 2.45) is 5.41 Å². The molecule has 0 aliphatic heterocycles. The molecule has 15 heavy (non-hydrogen) atoms. The van der Waals surface area contributed by atoms with E-state index >= 15 is 0 Å². The monoisotopic (exact) mass is 222 g/mol. The molecular weight excluding hydrogens is 203 g/mol. The smallest absolute Gasteiger partial charge is 0.133 e. The summed E-state index contributed by atoms with van der Waals surface area (Å²) in [5, 5.41) is 0.922. The van der Waals surface area contributed by atoms with Crippen LogP contribution >= 0.6 is 7.14 Å². The average Bonchev–Trinajstić information content (AvgIpc) is 2.16. The zero-order valence-electron chi connectivity index (χ0n) is 9.90. The Hall–Kier alpha value is -0.810. The predicted molar refractivity (Wildman–Crippen MR) is 68.2 cm³/mol. The standard InChI is InChI=1S/C13H19OP/c1-13(2,3)10-11-15(4,14)12-8-6-5-7-9-12/h5-11H,1-4H3/t15-/m0/s1. The Bertz CT molecular complexity index is 385. The van der Waals surface area contributed by atoms with Crippen LogP contribution in [0.2, 0.25) is 0 Å². The van der Waals surface area contributed by atoms with E-state index in [9.17, 15) is 4.57 Å². The summed E-state index contributed by atoms with van der Waals surface area (Å²) in [7, 11) is -2.32. The van der Waals surface area contributed by atoms with Crippen molar-refractivity contribution in [3.63, 3.8) is 0 Å². The Morgan fingerprint density at radius 3 is 2.13 bits per heavy atom. The molecule has 0 saturated carbocycles.